The SMILES string of the molecule is CCCNC(c1ccc(CC)cc1)c1cn(C)nc1CC. The van der Waals surface area contributed by atoms with Crippen LogP contribution in [0.1, 0.15) is 55.6 Å². The fourth-order valence-electron chi connectivity index (χ4n) is 2.71. The van der Waals surface area contributed by atoms with Crippen LogP contribution in [0.5, 0.6) is 0 Å². The summed E-state index contributed by atoms with van der Waals surface area (Å²) >= 11 is 0. The van der Waals surface area contributed by atoms with Crippen LogP contribution in [0.15, 0.2) is 30.5 Å². The summed E-state index contributed by atoms with van der Waals surface area (Å²) in [6, 6.07) is 9.20. The van der Waals surface area contributed by atoms with Gasteiger partial charge in [0.05, 0.1) is 11.7 Å². The minimum absolute atomic E-state index is 0.236. The normalized spacial score (nSPS) is 12.6. The molecule has 3 nitrogen and oxygen atoms in total. The predicted octanol–water partition coefficient (Wildman–Crippen LogP) is 3.63. The van der Waals surface area contributed by atoms with Crippen molar-refractivity contribution in [1.29, 1.82) is 0 Å². The number of nitrogens with one attached hydrogen (secondary N) is 1. The van der Waals surface area contributed by atoms with Crippen LogP contribution < -0.4 is 5.32 Å². The molecule has 1 atom stereocenters. The van der Waals surface area contributed by atoms with Crippen LogP contribution in [0.2, 0.25) is 0 Å². The Morgan fingerprint density at radius 1 is 1.10 bits per heavy atom. The molecule has 0 aliphatic rings. The number of aromatic nitrogens is 2. The number of hydrogen-bond acceptors (Lipinski definition) is 2. The van der Waals surface area contributed by atoms with Gasteiger partial charge in [-0.2, -0.15) is 5.10 Å². The Labute approximate surface area is 128 Å². The molecule has 21 heavy (non-hydrogen) atoms. The molecule has 0 aliphatic heterocycles. The van der Waals surface area contributed by atoms with Gasteiger partial charge >= 0.3 is 0 Å². The molecule has 2 aromatic rings. The zero-order valence-electron chi connectivity index (χ0n) is 13.7. The van der Waals surface area contributed by atoms with Crippen molar-refractivity contribution in [1.82, 2.24) is 15.1 Å². The summed E-state index contributed by atoms with van der Waals surface area (Å²) in [5.74, 6) is 0. The first-order valence-electron chi connectivity index (χ1n) is 8.04. The first-order chi connectivity index (χ1) is 10.2. The highest BCUT2D eigenvalue weighted by Crippen LogP contribution is 2.25. The van der Waals surface area contributed by atoms with Gasteiger partial charge in [0.15, 0.2) is 0 Å². The van der Waals surface area contributed by atoms with Gasteiger partial charge in [0.1, 0.15) is 0 Å². The monoisotopic (exact) mass is 285 g/mol. The third-order valence-corrected chi connectivity index (χ3v) is 3.90. The van der Waals surface area contributed by atoms with Crippen molar-refractivity contribution < 1.29 is 0 Å². The van der Waals surface area contributed by atoms with E-state index in [4.69, 9.17) is 0 Å². The molecule has 2 rings (SSSR count). The maximum Gasteiger partial charge on any atom is 0.0673 e. The average Bonchev–Trinajstić information content (AvgIpc) is 2.89. The molecule has 0 saturated heterocycles. The van der Waals surface area contributed by atoms with Gasteiger partial charge in [0, 0.05) is 18.8 Å². The van der Waals surface area contributed by atoms with Gasteiger partial charge in [0.2, 0.25) is 0 Å². The van der Waals surface area contributed by atoms with Gasteiger partial charge < -0.3 is 5.32 Å². The van der Waals surface area contributed by atoms with Crippen molar-refractivity contribution in [3.63, 3.8) is 0 Å². The van der Waals surface area contributed by atoms with Crippen LogP contribution in [0.4, 0.5) is 0 Å². The van der Waals surface area contributed by atoms with E-state index in [2.05, 4.69) is 61.6 Å². The lowest BCUT2D eigenvalue weighted by atomic mass is 9.97. The topological polar surface area (TPSA) is 29.9 Å². The first kappa shape index (κ1) is 15.8. The largest absolute Gasteiger partial charge is 0.306 e. The lowest BCUT2D eigenvalue weighted by Gasteiger charge is -2.19. The van der Waals surface area contributed by atoms with Gasteiger partial charge in [-0.05, 0) is 36.9 Å². The van der Waals surface area contributed by atoms with Gasteiger partial charge in [-0.15, -0.1) is 0 Å². The lowest BCUT2D eigenvalue weighted by Crippen LogP contribution is -2.23. The van der Waals surface area contributed by atoms with Crippen LogP contribution in [0.25, 0.3) is 0 Å². The molecule has 0 fully saturated rings. The molecule has 114 valence electrons. The van der Waals surface area contributed by atoms with Crippen LogP contribution in [0, 0.1) is 0 Å². The average molecular weight is 285 g/mol. The minimum atomic E-state index is 0.236. The third kappa shape index (κ3) is 3.73. The van der Waals surface area contributed by atoms with Crippen molar-refractivity contribution >= 4 is 0 Å². The maximum atomic E-state index is 4.59. The predicted molar refractivity (Wildman–Crippen MR) is 88.5 cm³/mol. The lowest BCUT2D eigenvalue weighted by molar-refractivity contribution is 0.594. The summed E-state index contributed by atoms with van der Waals surface area (Å²) in [6.07, 6.45) is 5.33. The third-order valence-electron chi connectivity index (χ3n) is 3.90. The highest BCUT2D eigenvalue weighted by molar-refractivity contribution is 5.35. The zero-order chi connectivity index (χ0) is 15.2. The van der Waals surface area contributed by atoms with E-state index in [0.717, 1.165) is 25.8 Å². The molecule has 1 unspecified atom stereocenters. The van der Waals surface area contributed by atoms with Crippen LogP contribution in [-0.2, 0) is 19.9 Å². The Bertz CT molecular complexity index is 554. The zero-order valence-corrected chi connectivity index (χ0v) is 13.7. The molecule has 0 amide bonds. The molecule has 0 spiro atoms. The van der Waals surface area contributed by atoms with Crippen LogP contribution >= 0.6 is 0 Å². The van der Waals surface area contributed by atoms with Gasteiger partial charge in [-0.25, -0.2) is 0 Å². The summed E-state index contributed by atoms with van der Waals surface area (Å²) in [4.78, 5) is 0. The van der Waals surface area contributed by atoms with Crippen LogP contribution in [0.3, 0.4) is 0 Å². The van der Waals surface area contributed by atoms with E-state index in [1.165, 1.54) is 22.4 Å². The number of hydrogen-bond donors (Lipinski definition) is 1. The molecule has 3 heteroatoms. The fraction of sp³-hybridized carbons (Fsp3) is 0.500. The number of rotatable bonds is 7. The van der Waals surface area contributed by atoms with Crippen molar-refractivity contribution in [2.45, 2.75) is 46.1 Å². The number of aryl methyl sites for hydroxylation is 3. The highest BCUT2D eigenvalue weighted by Gasteiger charge is 2.19. The molecule has 0 radical (unpaired) electrons. The Hall–Kier alpha value is -1.61. The second kappa shape index (κ2) is 7.41. The van der Waals surface area contributed by atoms with E-state index >= 15 is 0 Å². The van der Waals surface area contributed by atoms with Gasteiger partial charge in [-0.3, -0.25) is 4.68 Å². The minimum Gasteiger partial charge on any atom is -0.306 e. The fourth-order valence-corrected chi connectivity index (χ4v) is 2.71. The van der Waals surface area contributed by atoms with Gasteiger partial charge in [-0.1, -0.05) is 45.0 Å². The molecule has 0 saturated carbocycles. The highest BCUT2D eigenvalue weighted by atomic mass is 15.3. The second-order valence-electron chi connectivity index (χ2n) is 5.54. The number of benzene rings is 1. The van der Waals surface area contributed by atoms with E-state index < -0.39 is 0 Å². The summed E-state index contributed by atoms with van der Waals surface area (Å²) in [5, 5.41) is 8.27. The quantitative estimate of drug-likeness (QED) is 0.842. The molecule has 1 aromatic heterocycles. The van der Waals surface area contributed by atoms with Crippen LogP contribution in [-0.4, -0.2) is 16.3 Å². The van der Waals surface area contributed by atoms with E-state index in [0.29, 0.717) is 0 Å². The van der Waals surface area contributed by atoms with E-state index in [9.17, 15) is 0 Å². The molecular weight excluding hydrogens is 258 g/mol. The molecule has 0 aliphatic carbocycles. The molecular formula is C18H27N3. The Morgan fingerprint density at radius 3 is 2.38 bits per heavy atom. The molecule has 1 aromatic carbocycles. The Kier molecular flexibility index (Phi) is 5.57. The summed E-state index contributed by atoms with van der Waals surface area (Å²) < 4.78 is 1.93. The van der Waals surface area contributed by atoms with Crippen molar-refractivity contribution in [3.8, 4) is 0 Å². The standard InChI is InChI=1S/C18H27N3/c1-5-12-19-18(15-10-8-14(6-2)9-11-15)16-13-21(4)20-17(16)7-3/h8-11,13,18-19H,5-7,12H2,1-4H3. The summed E-state index contributed by atoms with van der Waals surface area (Å²) in [7, 11) is 2.00. The van der Waals surface area contributed by atoms with Crippen molar-refractivity contribution in [3.05, 3.63) is 52.8 Å². The first-order valence-corrected chi connectivity index (χ1v) is 8.04. The molecule has 1 N–H and O–H groups in total. The summed E-state index contributed by atoms with van der Waals surface area (Å²) in [5.41, 5.74) is 5.20. The molecule has 1 heterocycles. The van der Waals surface area contributed by atoms with Crippen molar-refractivity contribution in [2.24, 2.45) is 7.05 Å². The Balaban J connectivity index is 2.36. The van der Waals surface area contributed by atoms with Gasteiger partial charge in [0.25, 0.3) is 0 Å². The van der Waals surface area contributed by atoms with E-state index in [1.807, 2.05) is 11.7 Å². The smallest absolute Gasteiger partial charge is 0.0673 e. The summed E-state index contributed by atoms with van der Waals surface area (Å²) in [6.45, 7) is 7.58. The van der Waals surface area contributed by atoms with E-state index in [1.54, 1.807) is 0 Å². The maximum absolute atomic E-state index is 4.59. The number of nitrogens with zero attached hydrogens (tertiary/aromatic N) is 2. The molecule has 0 bridgehead atoms. The Morgan fingerprint density at radius 2 is 1.81 bits per heavy atom. The second-order valence-corrected chi connectivity index (χ2v) is 5.54. The van der Waals surface area contributed by atoms with Crippen molar-refractivity contribution in [2.75, 3.05) is 6.54 Å². The van der Waals surface area contributed by atoms with E-state index in [-0.39, 0.29) is 6.04 Å².